The zero-order valence-electron chi connectivity index (χ0n) is 23.7. The Bertz CT molecular complexity index is 1450. The van der Waals surface area contributed by atoms with Gasteiger partial charge in [-0.05, 0) is 92.6 Å². The monoisotopic (exact) mass is 567 g/mol. The zero-order valence-corrected chi connectivity index (χ0v) is 24.5. The summed E-state index contributed by atoms with van der Waals surface area (Å²) in [5, 5.41) is 4.29. The number of thiocarbonyl (C=S) groups is 1. The lowest BCUT2D eigenvalue weighted by Gasteiger charge is -2.28. The van der Waals surface area contributed by atoms with Crippen molar-refractivity contribution in [2.75, 3.05) is 37.7 Å². The molecule has 0 saturated carbocycles. The number of ether oxygens (including phenoxy) is 2. The van der Waals surface area contributed by atoms with Gasteiger partial charge in [-0.2, -0.15) is 0 Å². The molecule has 2 aromatic carbocycles. The van der Waals surface area contributed by atoms with Crippen molar-refractivity contribution in [2.45, 2.75) is 38.9 Å². The molecular weight excluding hydrogens is 530 g/mol. The maximum Gasteiger partial charge on any atom is 0.174 e. The van der Waals surface area contributed by atoms with Crippen molar-refractivity contribution in [3.05, 3.63) is 108 Å². The highest BCUT2D eigenvalue weighted by Gasteiger charge is 2.42. The van der Waals surface area contributed by atoms with Gasteiger partial charge < -0.3 is 24.3 Å². The number of para-hydroxylation sites is 1. The molecule has 2 aliphatic heterocycles. The first-order chi connectivity index (χ1) is 20.1. The SMILES string of the molecule is Cc1cc([C@H]2[C@@H](c3ccccn3)NC(=S)N2c2ccc(Oc3ccccc3)cc2)c(C)n1CCCN1CCOCC1. The summed E-state index contributed by atoms with van der Waals surface area (Å²) in [4.78, 5) is 9.47. The van der Waals surface area contributed by atoms with Gasteiger partial charge in [-0.3, -0.25) is 9.88 Å². The molecule has 1 N–H and O–H groups in total. The van der Waals surface area contributed by atoms with Crippen LogP contribution in [-0.4, -0.2) is 52.4 Å². The van der Waals surface area contributed by atoms with E-state index in [2.05, 4.69) is 57.8 Å². The number of pyridine rings is 1. The maximum absolute atomic E-state index is 6.05. The van der Waals surface area contributed by atoms with E-state index in [1.807, 2.05) is 60.8 Å². The molecule has 212 valence electrons. The molecule has 2 aliphatic rings. The van der Waals surface area contributed by atoms with Crippen LogP contribution in [0.3, 0.4) is 0 Å². The van der Waals surface area contributed by atoms with Crippen LogP contribution in [0.1, 0.15) is 41.1 Å². The molecule has 0 bridgehead atoms. The van der Waals surface area contributed by atoms with E-state index in [1.54, 1.807) is 0 Å². The van der Waals surface area contributed by atoms with E-state index >= 15 is 0 Å². The van der Waals surface area contributed by atoms with Crippen LogP contribution in [0.25, 0.3) is 0 Å². The first kappa shape index (κ1) is 27.4. The Morgan fingerprint density at radius 3 is 2.39 bits per heavy atom. The summed E-state index contributed by atoms with van der Waals surface area (Å²) in [6.45, 7) is 10.2. The van der Waals surface area contributed by atoms with Gasteiger partial charge in [0.2, 0.25) is 0 Å². The molecule has 0 amide bonds. The second-order valence-electron chi connectivity index (χ2n) is 10.7. The summed E-state index contributed by atoms with van der Waals surface area (Å²) in [7, 11) is 0. The Balaban J connectivity index is 1.29. The molecular formula is C33H37N5O2S. The number of nitrogens with zero attached hydrogens (tertiary/aromatic N) is 4. The predicted molar refractivity (Wildman–Crippen MR) is 167 cm³/mol. The number of aryl methyl sites for hydroxylation is 1. The van der Waals surface area contributed by atoms with Crippen molar-refractivity contribution in [1.82, 2.24) is 19.8 Å². The molecule has 2 atom stereocenters. The Hall–Kier alpha value is -3.72. The minimum Gasteiger partial charge on any atom is -0.457 e. The quantitative estimate of drug-likeness (QED) is 0.242. The molecule has 4 aromatic rings. The molecule has 2 aromatic heterocycles. The largest absolute Gasteiger partial charge is 0.457 e. The van der Waals surface area contributed by atoms with Gasteiger partial charge in [0, 0.05) is 49.5 Å². The Labute approximate surface area is 247 Å². The van der Waals surface area contributed by atoms with Gasteiger partial charge in [0.25, 0.3) is 0 Å². The van der Waals surface area contributed by atoms with E-state index in [0.717, 1.165) is 68.7 Å². The highest BCUT2D eigenvalue weighted by atomic mass is 32.1. The van der Waals surface area contributed by atoms with Gasteiger partial charge in [0.05, 0.1) is 31.0 Å². The van der Waals surface area contributed by atoms with Crippen LogP contribution >= 0.6 is 12.2 Å². The fraction of sp³-hybridized carbons (Fsp3) is 0.333. The molecule has 6 rings (SSSR count). The van der Waals surface area contributed by atoms with Crippen LogP contribution in [0.2, 0.25) is 0 Å². The molecule has 7 nitrogen and oxygen atoms in total. The highest BCUT2D eigenvalue weighted by Crippen LogP contribution is 2.43. The van der Waals surface area contributed by atoms with Crippen molar-refractivity contribution in [3.8, 4) is 11.5 Å². The number of rotatable bonds is 9. The van der Waals surface area contributed by atoms with Crippen LogP contribution in [0.15, 0.2) is 85.1 Å². The number of morpholine rings is 1. The molecule has 8 heteroatoms. The van der Waals surface area contributed by atoms with Crippen LogP contribution in [0.4, 0.5) is 5.69 Å². The fourth-order valence-electron chi connectivity index (χ4n) is 6.00. The van der Waals surface area contributed by atoms with Crippen molar-refractivity contribution in [1.29, 1.82) is 0 Å². The minimum atomic E-state index is -0.0776. The number of nitrogens with one attached hydrogen (secondary N) is 1. The van der Waals surface area contributed by atoms with Gasteiger partial charge in [0.1, 0.15) is 11.5 Å². The third-order valence-electron chi connectivity index (χ3n) is 8.08. The Morgan fingerprint density at radius 2 is 1.66 bits per heavy atom. The van der Waals surface area contributed by atoms with Crippen LogP contribution in [-0.2, 0) is 11.3 Å². The summed E-state index contributed by atoms with van der Waals surface area (Å²) in [6, 6.07) is 26.3. The Kier molecular flexibility index (Phi) is 8.32. The first-order valence-electron chi connectivity index (χ1n) is 14.4. The van der Waals surface area contributed by atoms with Gasteiger partial charge in [-0.25, -0.2) is 0 Å². The molecule has 0 aliphatic carbocycles. The molecule has 0 spiro atoms. The summed E-state index contributed by atoms with van der Waals surface area (Å²) in [6.07, 6.45) is 2.96. The van der Waals surface area contributed by atoms with E-state index in [4.69, 9.17) is 26.7 Å². The number of anilines is 1. The summed E-state index contributed by atoms with van der Waals surface area (Å²) in [5.41, 5.74) is 5.80. The van der Waals surface area contributed by atoms with E-state index in [0.29, 0.717) is 5.11 Å². The third-order valence-corrected chi connectivity index (χ3v) is 8.40. The lowest BCUT2D eigenvalue weighted by atomic mass is 9.96. The number of hydrogen-bond donors (Lipinski definition) is 1. The van der Waals surface area contributed by atoms with Gasteiger partial charge >= 0.3 is 0 Å². The number of aromatic nitrogens is 2. The molecule has 41 heavy (non-hydrogen) atoms. The molecule has 2 saturated heterocycles. The second kappa shape index (κ2) is 12.4. The van der Waals surface area contributed by atoms with E-state index in [-0.39, 0.29) is 12.1 Å². The maximum atomic E-state index is 6.05. The van der Waals surface area contributed by atoms with Crippen molar-refractivity contribution < 1.29 is 9.47 Å². The lowest BCUT2D eigenvalue weighted by molar-refractivity contribution is 0.0369. The normalized spacial score (nSPS) is 19.4. The van der Waals surface area contributed by atoms with Crippen LogP contribution in [0.5, 0.6) is 11.5 Å². The minimum absolute atomic E-state index is 0.0440. The van der Waals surface area contributed by atoms with E-state index in [1.165, 1.54) is 17.0 Å². The fourth-order valence-corrected chi connectivity index (χ4v) is 6.34. The number of hydrogen-bond acceptors (Lipinski definition) is 5. The molecule has 2 fully saturated rings. The summed E-state index contributed by atoms with van der Waals surface area (Å²) < 4.78 is 14.0. The molecule has 0 unspecified atom stereocenters. The summed E-state index contributed by atoms with van der Waals surface area (Å²) in [5.74, 6) is 1.60. The van der Waals surface area contributed by atoms with Crippen molar-refractivity contribution in [3.63, 3.8) is 0 Å². The average Bonchev–Trinajstić information content (AvgIpc) is 3.50. The lowest BCUT2D eigenvalue weighted by Crippen LogP contribution is -2.37. The zero-order chi connectivity index (χ0) is 28.2. The van der Waals surface area contributed by atoms with E-state index in [9.17, 15) is 0 Å². The highest BCUT2D eigenvalue weighted by molar-refractivity contribution is 7.80. The smallest absolute Gasteiger partial charge is 0.174 e. The van der Waals surface area contributed by atoms with Crippen LogP contribution in [0, 0.1) is 13.8 Å². The molecule has 4 heterocycles. The number of benzene rings is 2. The third kappa shape index (κ3) is 6.00. The predicted octanol–water partition coefficient (Wildman–Crippen LogP) is 6.19. The van der Waals surface area contributed by atoms with Gasteiger partial charge in [-0.1, -0.05) is 24.3 Å². The second-order valence-corrected chi connectivity index (χ2v) is 11.1. The Morgan fingerprint density at radius 1 is 0.927 bits per heavy atom. The van der Waals surface area contributed by atoms with Gasteiger partial charge in [0.15, 0.2) is 5.11 Å². The van der Waals surface area contributed by atoms with Crippen molar-refractivity contribution in [2.24, 2.45) is 0 Å². The van der Waals surface area contributed by atoms with E-state index < -0.39 is 0 Å². The first-order valence-corrected chi connectivity index (χ1v) is 14.8. The summed E-state index contributed by atoms with van der Waals surface area (Å²) >= 11 is 5.97. The topological polar surface area (TPSA) is 54.8 Å². The van der Waals surface area contributed by atoms with Crippen molar-refractivity contribution >= 4 is 23.0 Å². The van der Waals surface area contributed by atoms with Crippen LogP contribution < -0.4 is 15.0 Å². The standard InChI is InChI=1S/C33H37N5O2S/c1-24-23-29(25(2)37(24)18-8-17-36-19-21-39-22-20-36)32-31(30-11-6-7-16-34-30)35-33(41)38(32)26-12-14-28(15-13-26)40-27-9-4-3-5-10-27/h3-7,9-16,23,31-32H,8,17-22H2,1-2H3,(H,35,41)/t31-,32+/m1/s1. The molecule has 0 radical (unpaired) electrons. The average molecular weight is 568 g/mol. The van der Waals surface area contributed by atoms with Gasteiger partial charge in [-0.15, -0.1) is 0 Å².